The first-order valence-corrected chi connectivity index (χ1v) is 5.41. The SMILES string of the molecule is Cc1nn(C)cc1NCc1c(C)nn(C)c1F. The summed E-state index contributed by atoms with van der Waals surface area (Å²) in [5, 5.41) is 11.4. The molecule has 2 rings (SSSR count). The van der Waals surface area contributed by atoms with E-state index >= 15 is 0 Å². The summed E-state index contributed by atoms with van der Waals surface area (Å²) >= 11 is 0. The van der Waals surface area contributed by atoms with Gasteiger partial charge in [0.15, 0.2) is 0 Å². The van der Waals surface area contributed by atoms with Crippen LogP contribution in [0, 0.1) is 19.8 Å². The predicted molar refractivity (Wildman–Crippen MR) is 63.2 cm³/mol. The van der Waals surface area contributed by atoms with Crippen LogP contribution in [0.1, 0.15) is 17.0 Å². The molecule has 2 aromatic rings. The molecular weight excluding hydrogens is 221 g/mol. The van der Waals surface area contributed by atoms with E-state index in [4.69, 9.17) is 0 Å². The molecule has 0 bridgehead atoms. The third-order valence-corrected chi connectivity index (χ3v) is 2.74. The second-order valence-electron chi connectivity index (χ2n) is 4.13. The fourth-order valence-electron chi connectivity index (χ4n) is 1.83. The van der Waals surface area contributed by atoms with Gasteiger partial charge in [0.05, 0.1) is 17.1 Å². The minimum Gasteiger partial charge on any atom is -0.378 e. The summed E-state index contributed by atoms with van der Waals surface area (Å²) in [5.74, 6) is -0.295. The zero-order valence-corrected chi connectivity index (χ0v) is 10.5. The highest BCUT2D eigenvalue weighted by Crippen LogP contribution is 2.16. The summed E-state index contributed by atoms with van der Waals surface area (Å²) in [6, 6.07) is 0. The lowest BCUT2D eigenvalue weighted by Gasteiger charge is -2.03. The number of hydrogen-bond acceptors (Lipinski definition) is 3. The molecule has 92 valence electrons. The molecule has 0 unspecified atom stereocenters. The largest absolute Gasteiger partial charge is 0.378 e. The van der Waals surface area contributed by atoms with Crippen LogP contribution in [0.2, 0.25) is 0 Å². The first-order valence-electron chi connectivity index (χ1n) is 5.41. The van der Waals surface area contributed by atoms with E-state index in [1.165, 1.54) is 4.68 Å². The highest BCUT2D eigenvalue weighted by Gasteiger charge is 2.13. The Kier molecular flexibility index (Phi) is 2.87. The lowest BCUT2D eigenvalue weighted by atomic mass is 10.2. The molecule has 2 aromatic heterocycles. The Morgan fingerprint density at radius 2 is 1.94 bits per heavy atom. The molecule has 0 radical (unpaired) electrons. The molecule has 0 amide bonds. The van der Waals surface area contributed by atoms with Crippen LogP contribution in [0.4, 0.5) is 10.1 Å². The maximum Gasteiger partial charge on any atom is 0.216 e. The van der Waals surface area contributed by atoms with Gasteiger partial charge in [0.1, 0.15) is 0 Å². The van der Waals surface area contributed by atoms with E-state index in [0.717, 1.165) is 11.4 Å². The molecular formula is C11H16FN5. The van der Waals surface area contributed by atoms with Crippen molar-refractivity contribution in [2.24, 2.45) is 14.1 Å². The van der Waals surface area contributed by atoms with Crippen molar-refractivity contribution >= 4 is 5.69 Å². The second-order valence-corrected chi connectivity index (χ2v) is 4.13. The summed E-state index contributed by atoms with van der Waals surface area (Å²) < 4.78 is 16.6. The Morgan fingerprint density at radius 3 is 2.41 bits per heavy atom. The summed E-state index contributed by atoms with van der Waals surface area (Å²) in [6.07, 6.45) is 1.87. The number of hydrogen-bond donors (Lipinski definition) is 1. The number of nitrogens with one attached hydrogen (secondary N) is 1. The normalized spacial score (nSPS) is 10.9. The van der Waals surface area contributed by atoms with Crippen LogP contribution in [0.15, 0.2) is 6.20 Å². The van der Waals surface area contributed by atoms with Crippen molar-refractivity contribution in [2.75, 3.05) is 5.32 Å². The van der Waals surface area contributed by atoms with Crippen LogP contribution in [0.3, 0.4) is 0 Å². The Labute approximate surface area is 99.2 Å². The molecule has 2 heterocycles. The van der Waals surface area contributed by atoms with E-state index in [9.17, 15) is 4.39 Å². The minimum atomic E-state index is -0.295. The fraction of sp³-hybridized carbons (Fsp3) is 0.455. The number of anilines is 1. The van der Waals surface area contributed by atoms with Gasteiger partial charge in [0.2, 0.25) is 5.95 Å². The first kappa shape index (κ1) is 11.6. The molecule has 0 aliphatic rings. The smallest absolute Gasteiger partial charge is 0.216 e. The van der Waals surface area contributed by atoms with Gasteiger partial charge in [-0.2, -0.15) is 14.6 Å². The van der Waals surface area contributed by atoms with Crippen LogP contribution < -0.4 is 5.32 Å². The second kappa shape index (κ2) is 4.20. The van der Waals surface area contributed by atoms with Crippen molar-refractivity contribution in [3.8, 4) is 0 Å². The summed E-state index contributed by atoms with van der Waals surface area (Å²) in [4.78, 5) is 0. The molecule has 0 spiro atoms. The van der Waals surface area contributed by atoms with Gasteiger partial charge in [-0.25, -0.2) is 4.68 Å². The lowest BCUT2D eigenvalue weighted by Crippen LogP contribution is -2.03. The van der Waals surface area contributed by atoms with Crippen molar-refractivity contribution in [1.29, 1.82) is 0 Å². The number of aromatic nitrogens is 4. The zero-order chi connectivity index (χ0) is 12.6. The minimum absolute atomic E-state index is 0.295. The molecule has 6 heteroatoms. The van der Waals surface area contributed by atoms with Crippen LogP contribution in [0.25, 0.3) is 0 Å². The predicted octanol–water partition coefficient (Wildman–Crippen LogP) is 1.52. The number of aryl methyl sites for hydroxylation is 4. The molecule has 17 heavy (non-hydrogen) atoms. The van der Waals surface area contributed by atoms with Gasteiger partial charge in [0.25, 0.3) is 0 Å². The monoisotopic (exact) mass is 237 g/mol. The van der Waals surface area contributed by atoms with E-state index in [2.05, 4.69) is 15.5 Å². The van der Waals surface area contributed by atoms with Crippen LogP contribution in [0.5, 0.6) is 0 Å². The lowest BCUT2D eigenvalue weighted by molar-refractivity contribution is 0.496. The highest BCUT2D eigenvalue weighted by molar-refractivity contribution is 5.46. The molecule has 0 aromatic carbocycles. The van der Waals surface area contributed by atoms with Gasteiger partial charge in [-0.3, -0.25) is 4.68 Å². The molecule has 5 nitrogen and oxygen atoms in total. The first-order chi connectivity index (χ1) is 7.99. The summed E-state index contributed by atoms with van der Waals surface area (Å²) in [5.41, 5.74) is 3.11. The number of nitrogens with zero attached hydrogens (tertiary/aromatic N) is 4. The van der Waals surface area contributed by atoms with Crippen LogP contribution in [-0.2, 0) is 20.6 Å². The molecule has 0 saturated carbocycles. The van der Waals surface area contributed by atoms with Gasteiger partial charge in [-0.1, -0.05) is 0 Å². The van der Waals surface area contributed by atoms with Crippen molar-refractivity contribution in [2.45, 2.75) is 20.4 Å². The quantitative estimate of drug-likeness (QED) is 0.880. The average molecular weight is 237 g/mol. The van der Waals surface area contributed by atoms with Crippen molar-refractivity contribution in [3.05, 3.63) is 29.1 Å². The maximum absolute atomic E-state index is 13.7. The fourth-order valence-corrected chi connectivity index (χ4v) is 1.83. The van der Waals surface area contributed by atoms with Gasteiger partial charge in [0, 0.05) is 32.4 Å². The van der Waals surface area contributed by atoms with Gasteiger partial charge in [-0.05, 0) is 13.8 Å². The third-order valence-electron chi connectivity index (χ3n) is 2.74. The maximum atomic E-state index is 13.7. The Bertz CT molecular complexity index is 540. The highest BCUT2D eigenvalue weighted by atomic mass is 19.1. The standard InChI is InChI=1S/C11H16FN5/c1-7-9(11(12)17(4)15-7)5-13-10-6-16(3)14-8(10)2/h6,13H,5H2,1-4H3. The number of rotatable bonds is 3. The molecule has 0 saturated heterocycles. The van der Waals surface area contributed by atoms with Crippen molar-refractivity contribution in [1.82, 2.24) is 19.6 Å². The molecule has 0 fully saturated rings. The zero-order valence-electron chi connectivity index (χ0n) is 10.5. The van der Waals surface area contributed by atoms with Crippen molar-refractivity contribution < 1.29 is 4.39 Å². The summed E-state index contributed by atoms with van der Waals surface area (Å²) in [6.45, 7) is 4.13. The van der Waals surface area contributed by atoms with E-state index in [1.807, 2.05) is 20.2 Å². The summed E-state index contributed by atoms with van der Waals surface area (Å²) in [7, 11) is 3.45. The van der Waals surface area contributed by atoms with Crippen molar-refractivity contribution in [3.63, 3.8) is 0 Å². The Hall–Kier alpha value is -1.85. The molecule has 0 atom stereocenters. The van der Waals surface area contributed by atoms with Gasteiger partial charge >= 0.3 is 0 Å². The van der Waals surface area contributed by atoms with E-state index in [1.54, 1.807) is 18.7 Å². The third kappa shape index (κ3) is 2.15. The van der Waals surface area contributed by atoms with E-state index in [0.29, 0.717) is 17.8 Å². The molecule has 0 aliphatic carbocycles. The Morgan fingerprint density at radius 1 is 1.24 bits per heavy atom. The van der Waals surface area contributed by atoms with Crippen LogP contribution >= 0.6 is 0 Å². The van der Waals surface area contributed by atoms with Gasteiger partial charge in [-0.15, -0.1) is 0 Å². The Balaban J connectivity index is 2.15. The van der Waals surface area contributed by atoms with E-state index < -0.39 is 0 Å². The van der Waals surface area contributed by atoms with Crippen LogP contribution in [-0.4, -0.2) is 19.6 Å². The average Bonchev–Trinajstić information content (AvgIpc) is 2.67. The topological polar surface area (TPSA) is 47.7 Å². The van der Waals surface area contributed by atoms with E-state index in [-0.39, 0.29) is 5.95 Å². The van der Waals surface area contributed by atoms with Gasteiger partial charge < -0.3 is 5.32 Å². The molecule has 1 N–H and O–H groups in total. The number of halogens is 1. The molecule has 0 aliphatic heterocycles.